The van der Waals surface area contributed by atoms with Gasteiger partial charge in [0.25, 0.3) is 0 Å². The minimum atomic E-state index is 0.500. The van der Waals surface area contributed by atoms with Gasteiger partial charge in [0, 0.05) is 28.6 Å². The van der Waals surface area contributed by atoms with Crippen molar-refractivity contribution in [1.82, 2.24) is 0 Å². The summed E-state index contributed by atoms with van der Waals surface area (Å²) in [5, 5.41) is 0. The van der Waals surface area contributed by atoms with Gasteiger partial charge in [-0.1, -0.05) is 12.1 Å². The molecule has 166 valence electrons. The molecule has 1 aliphatic rings. The van der Waals surface area contributed by atoms with Gasteiger partial charge in [0.1, 0.15) is 6.61 Å². The molecule has 0 atom stereocenters. The van der Waals surface area contributed by atoms with E-state index in [9.17, 15) is 0 Å². The second-order valence-electron chi connectivity index (χ2n) is 7.43. The Labute approximate surface area is 203 Å². The van der Waals surface area contributed by atoms with Crippen molar-refractivity contribution in [1.29, 1.82) is 0 Å². The van der Waals surface area contributed by atoms with Crippen LogP contribution < -0.4 is 14.4 Å². The van der Waals surface area contributed by atoms with Crippen LogP contribution in [-0.4, -0.2) is 39.1 Å². The van der Waals surface area contributed by atoms with Gasteiger partial charge in [-0.05, 0) is 95.2 Å². The fourth-order valence-electron chi connectivity index (χ4n) is 3.45. The number of halogens is 1. The Kier molecular flexibility index (Phi) is 8.01. The van der Waals surface area contributed by atoms with Crippen molar-refractivity contribution in [2.45, 2.75) is 13.5 Å². The van der Waals surface area contributed by atoms with E-state index in [0.717, 1.165) is 54.6 Å². The monoisotopic (exact) mass is 542 g/mol. The summed E-state index contributed by atoms with van der Waals surface area (Å²) in [6.45, 7) is 6.48. The highest BCUT2D eigenvalue weighted by atomic mass is 127. The lowest BCUT2D eigenvalue weighted by atomic mass is 10.2. The zero-order chi connectivity index (χ0) is 22.2. The van der Waals surface area contributed by atoms with E-state index in [4.69, 9.17) is 14.2 Å². The summed E-state index contributed by atoms with van der Waals surface area (Å²) in [5.41, 5.74) is 4.21. The number of aliphatic imine (C=N–C) groups is 1. The van der Waals surface area contributed by atoms with Gasteiger partial charge in [0.05, 0.1) is 25.5 Å². The Hall–Kier alpha value is -2.58. The zero-order valence-electron chi connectivity index (χ0n) is 18.2. The van der Waals surface area contributed by atoms with E-state index in [2.05, 4.69) is 68.9 Å². The number of hydrogen-bond acceptors (Lipinski definition) is 5. The molecule has 0 aliphatic carbocycles. The Morgan fingerprint density at radius 2 is 1.69 bits per heavy atom. The molecule has 32 heavy (non-hydrogen) atoms. The van der Waals surface area contributed by atoms with Gasteiger partial charge in [-0.25, -0.2) is 0 Å². The van der Waals surface area contributed by atoms with Gasteiger partial charge in [-0.15, -0.1) is 0 Å². The first kappa shape index (κ1) is 22.6. The third kappa shape index (κ3) is 6.23. The lowest BCUT2D eigenvalue weighted by Crippen LogP contribution is -2.36. The van der Waals surface area contributed by atoms with Crippen LogP contribution in [0.5, 0.6) is 11.5 Å². The summed E-state index contributed by atoms with van der Waals surface area (Å²) >= 11 is 2.30. The highest BCUT2D eigenvalue weighted by Crippen LogP contribution is 2.29. The molecule has 0 saturated carbocycles. The van der Waals surface area contributed by atoms with Crippen LogP contribution in [0.4, 0.5) is 11.4 Å². The lowest BCUT2D eigenvalue weighted by Gasteiger charge is -2.28. The number of morpholine rings is 1. The summed E-state index contributed by atoms with van der Waals surface area (Å²) < 4.78 is 18.5. The Morgan fingerprint density at radius 1 is 0.938 bits per heavy atom. The number of anilines is 1. The SMILES string of the molecule is CCOc1cc(C=Nc2ccc(N3CCOCC3)cc2)ccc1OCc1ccc(I)cc1. The fourth-order valence-corrected chi connectivity index (χ4v) is 3.81. The van der Waals surface area contributed by atoms with Crippen molar-refractivity contribution in [3.8, 4) is 11.5 Å². The smallest absolute Gasteiger partial charge is 0.161 e. The van der Waals surface area contributed by atoms with E-state index in [1.165, 1.54) is 9.26 Å². The first-order chi connectivity index (χ1) is 15.7. The van der Waals surface area contributed by atoms with E-state index >= 15 is 0 Å². The highest BCUT2D eigenvalue weighted by Gasteiger charge is 2.11. The van der Waals surface area contributed by atoms with E-state index in [0.29, 0.717) is 13.2 Å². The molecule has 1 fully saturated rings. The first-order valence-electron chi connectivity index (χ1n) is 10.8. The van der Waals surface area contributed by atoms with Gasteiger partial charge in [-0.3, -0.25) is 4.99 Å². The van der Waals surface area contributed by atoms with Gasteiger partial charge < -0.3 is 19.1 Å². The van der Waals surface area contributed by atoms with Crippen LogP contribution in [0.3, 0.4) is 0 Å². The minimum Gasteiger partial charge on any atom is -0.490 e. The largest absolute Gasteiger partial charge is 0.490 e. The molecule has 3 aromatic carbocycles. The molecule has 1 saturated heterocycles. The number of hydrogen-bond donors (Lipinski definition) is 0. The zero-order valence-corrected chi connectivity index (χ0v) is 20.3. The number of ether oxygens (including phenoxy) is 3. The maximum atomic E-state index is 6.02. The third-order valence-corrected chi connectivity index (χ3v) is 5.88. The van der Waals surface area contributed by atoms with Crippen LogP contribution in [0, 0.1) is 3.57 Å². The summed E-state index contributed by atoms with van der Waals surface area (Å²) in [5.74, 6) is 1.46. The van der Waals surface area contributed by atoms with Gasteiger partial charge in [0.15, 0.2) is 11.5 Å². The van der Waals surface area contributed by atoms with Gasteiger partial charge >= 0.3 is 0 Å². The van der Waals surface area contributed by atoms with Gasteiger partial charge in [0.2, 0.25) is 0 Å². The summed E-state index contributed by atoms with van der Waals surface area (Å²) in [4.78, 5) is 6.96. The maximum Gasteiger partial charge on any atom is 0.161 e. The van der Waals surface area contributed by atoms with Crippen molar-refractivity contribution < 1.29 is 14.2 Å². The molecular formula is C26H27IN2O3. The number of benzene rings is 3. The topological polar surface area (TPSA) is 43.3 Å². The van der Waals surface area contributed by atoms with E-state index in [1.807, 2.05) is 43.5 Å². The van der Waals surface area contributed by atoms with Crippen molar-refractivity contribution in [3.05, 3.63) is 81.4 Å². The Morgan fingerprint density at radius 3 is 2.41 bits per heavy atom. The van der Waals surface area contributed by atoms with Crippen molar-refractivity contribution in [2.75, 3.05) is 37.8 Å². The molecular weight excluding hydrogens is 515 g/mol. The van der Waals surface area contributed by atoms with Crippen LogP contribution in [0.2, 0.25) is 0 Å². The first-order valence-corrected chi connectivity index (χ1v) is 11.9. The summed E-state index contributed by atoms with van der Waals surface area (Å²) in [6.07, 6.45) is 1.86. The fraction of sp³-hybridized carbons (Fsp3) is 0.269. The predicted molar refractivity (Wildman–Crippen MR) is 138 cm³/mol. The predicted octanol–water partition coefficient (Wildman–Crippen LogP) is 5.86. The van der Waals surface area contributed by atoms with Gasteiger partial charge in [-0.2, -0.15) is 0 Å². The van der Waals surface area contributed by atoms with Crippen LogP contribution in [0.25, 0.3) is 0 Å². The summed E-state index contributed by atoms with van der Waals surface area (Å²) in [6, 6.07) is 22.5. The molecule has 0 unspecified atom stereocenters. The molecule has 1 aliphatic heterocycles. The van der Waals surface area contributed by atoms with Crippen LogP contribution in [0.1, 0.15) is 18.1 Å². The van der Waals surface area contributed by atoms with Crippen LogP contribution in [-0.2, 0) is 11.3 Å². The molecule has 3 aromatic rings. The number of rotatable bonds is 8. The molecule has 0 amide bonds. The Balaban J connectivity index is 1.42. The molecule has 0 spiro atoms. The van der Waals surface area contributed by atoms with Crippen LogP contribution in [0.15, 0.2) is 71.7 Å². The molecule has 6 heteroatoms. The standard InChI is InChI=1S/C26H27IN2O3/c1-2-31-26-17-21(5-12-25(26)32-19-20-3-6-22(27)7-4-20)18-28-23-8-10-24(11-9-23)29-13-15-30-16-14-29/h3-12,17-18H,2,13-16,19H2,1H3. The molecule has 1 heterocycles. The quantitative estimate of drug-likeness (QED) is 0.265. The van der Waals surface area contributed by atoms with E-state index in [1.54, 1.807) is 0 Å². The molecule has 5 nitrogen and oxygen atoms in total. The van der Waals surface area contributed by atoms with Crippen molar-refractivity contribution >= 4 is 40.2 Å². The van der Waals surface area contributed by atoms with Crippen molar-refractivity contribution in [3.63, 3.8) is 0 Å². The van der Waals surface area contributed by atoms with Crippen molar-refractivity contribution in [2.24, 2.45) is 4.99 Å². The van der Waals surface area contributed by atoms with E-state index < -0.39 is 0 Å². The molecule has 0 bridgehead atoms. The Bertz CT molecular complexity index is 1030. The van der Waals surface area contributed by atoms with Crippen LogP contribution >= 0.6 is 22.6 Å². The highest BCUT2D eigenvalue weighted by molar-refractivity contribution is 14.1. The normalized spacial score (nSPS) is 14.0. The molecule has 4 rings (SSSR count). The maximum absolute atomic E-state index is 6.02. The third-order valence-electron chi connectivity index (χ3n) is 5.16. The summed E-state index contributed by atoms with van der Waals surface area (Å²) in [7, 11) is 0. The average Bonchev–Trinajstić information content (AvgIpc) is 2.84. The number of nitrogens with zero attached hydrogens (tertiary/aromatic N) is 2. The molecule has 0 N–H and O–H groups in total. The average molecular weight is 542 g/mol. The minimum absolute atomic E-state index is 0.500. The lowest BCUT2D eigenvalue weighted by molar-refractivity contribution is 0.122. The molecule has 0 radical (unpaired) electrons. The second-order valence-corrected chi connectivity index (χ2v) is 8.67. The second kappa shape index (κ2) is 11.3. The van der Waals surface area contributed by atoms with E-state index in [-0.39, 0.29) is 0 Å². The molecule has 0 aromatic heterocycles.